The number of hydrogen-bond donors (Lipinski definition) is 0. The number of pyridine rings is 1. The summed E-state index contributed by atoms with van der Waals surface area (Å²) in [6, 6.07) is 5.40. The van der Waals surface area contributed by atoms with Crippen molar-refractivity contribution >= 4 is 5.78 Å². The number of Topliss-reactive ketones (excluding diaryl/α,β-unsaturated/α-hetero) is 1. The van der Waals surface area contributed by atoms with Crippen LogP contribution in [-0.4, -0.2) is 25.8 Å². The molecular weight excluding hydrogens is 180 g/mol. The van der Waals surface area contributed by atoms with Crippen LogP contribution in [0.5, 0.6) is 0 Å². The lowest BCUT2D eigenvalue weighted by molar-refractivity contribution is 0.101. The number of nitrogens with zero attached hydrogens (tertiary/aromatic N) is 4. The van der Waals surface area contributed by atoms with E-state index in [2.05, 4.69) is 15.2 Å². The summed E-state index contributed by atoms with van der Waals surface area (Å²) in [6.45, 7) is 1.45. The second-order valence-corrected chi connectivity index (χ2v) is 2.76. The van der Waals surface area contributed by atoms with E-state index in [1.165, 1.54) is 17.9 Å². The predicted octanol–water partition coefficient (Wildman–Crippen LogP) is 0.865. The lowest BCUT2D eigenvalue weighted by Gasteiger charge is -1.95. The smallest absolute Gasteiger partial charge is 0.181 e. The highest BCUT2D eigenvalue weighted by molar-refractivity contribution is 5.91. The van der Waals surface area contributed by atoms with Crippen molar-refractivity contribution in [2.24, 2.45) is 0 Å². The van der Waals surface area contributed by atoms with E-state index >= 15 is 0 Å². The fourth-order valence-corrected chi connectivity index (χ4v) is 1.01. The summed E-state index contributed by atoms with van der Waals surface area (Å²) in [5.41, 5.74) is 0.343. The number of hydrogen-bond acceptors (Lipinski definition) is 4. The van der Waals surface area contributed by atoms with Crippen LogP contribution in [0.4, 0.5) is 0 Å². The quantitative estimate of drug-likeness (QED) is 0.656. The first kappa shape index (κ1) is 8.55. The van der Waals surface area contributed by atoms with Crippen molar-refractivity contribution in [2.75, 3.05) is 0 Å². The molecule has 5 nitrogen and oxygen atoms in total. The van der Waals surface area contributed by atoms with Crippen LogP contribution >= 0.6 is 0 Å². The Hall–Kier alpha value is -2.04. The molecule has 5 heteroatoms. The summed E-state index contributed by atoms with van der Waals surface area (Å²) < 4.78 is 0. The van der Waals surface area contributed by atoms with Gasteiger partial charge in [0.25, 0.3) is 0 Å². The van der Waals surface area contributed by atoms with Crippen LogP contribution in [0.1, 0.15) is 17.4 Å². The zero-order valence-corrected chi connectivity index (χ0v) is 7.58. The fourth-order valence-electron chi connectivity index (χ4n) is 1.01. The molecule has 0 saturated heterocycles. The van der Waals surface area contributed by atoms with Crippen LogP contribution in [-0.2, 0) is 0 Å². The summed E-state index contributed by atoms with van der Waals surface area (Å²) in [4.78, 5) is 16.3. The molecular formula is C9H8N4O. The topological polar surface area (TPSA) is 60.7 Å². The summed E-state index contributed by atoms with van der Waals surface area (Å²) >= 11 is 0. The molecule has 0 amide bonds. The Morgan fingerprint density at radius 3 is 2.86 bits per heavy atom. The monoisotopic (exact) mass is 188 g/mol. The van der Waals surface area contributed by atoms with Crippen LogP contribution in [0.15, 0.2) is 30.6 Å². The van der Waals surface area contributed by atoms with E-state index in [1.54, 1.807) is 18.3 Å². The second-order valence-electron chi connectivity index (χ2n) is 2.76. The first-order chi connectivity index (χ1) is 6.77. The van der Waals surface area contributed by atoms with Crippen molar-refractivity contribution in [3.8, 4) is 5.82 Å². The van der Waals surface area contributed by atoms with Gasteiger partial charge in [0.1, 0.15) is 5.69 Å². The van der Waals surface area contributed by atoms with Gasteiger partial charge in [-0.25, -0.2) is 4.98 Å². The molecule has 0 aliphatic rings. The van der Waals surface area contributed by atoms with Gasteiger partial charge in [0.05, 0.1) is 6.20 Å². The molecule has 0 N–H and O–H groups in total. The average molecular weight is 188 g/mol. The molecule has 0 radical (unpaired) electrons. The second kappa shape index (κ2) is 3.37. The minimum Gasteiger partial charge on any atom is -0.293 e. The highest BCUT2D eigenvalue weighted by atomic mass is 16.1. The van der Waals surface area contributed by atoms with Crippen LogP contribution < -0.4 is 0 Å². The number of carbonyl (C=O) groups excluding carboxylic acids is 1. The Balaban J connectivity index is 2.39. The van der Waals surface area contributed by atoms with Gasteiger partial charge < -0.3 is 0 Å². The standard InChI is InChI=1S/C9H8N4O/c1-7(14)8-6-11-13(12-8)9-4-2-3-5-10-9/h2-6H,1H3. The minimum atomic E-state index is -0.104. The molecule has 2 heterocycles. The number of aromatic nitrogens is 4. The van der Waals surface area contributed by atoms with Gasteiger partial charge in [-0.05, 0) is 12.1 Å². The highest BCUT2D eigenvalue weighted by Crippen LogP contribution is 2.00. The molecule has 0 saturated carbocycles. The third kappa shape index (κ3) is 1.52. The third-order valence-electron chi connectivity index (χ3n) is 1.71. The van der Waals surface area contributed by atoms with Crippen molar-refractivity contribution < 1.29 is 4.79 Å². The van der Waals surface area contributed by atoms with Crippen LogP contribution in [0.2, 0.25) is 0 Å². The van der Waals surface area contributed by atoms with E-state index in [4.69, 9.17) is 0 Å². The molecule has 0 aromatic carbocycles. The van der Waals surface area contributed by atoms with E-state index in [-0.39, 0.29) is 5.78 Å². The molecule has 0 aliphatic carbocycles. The molecule has 0 aliphatic heterocycles. The molecule has 0 spiro atoms. The minimum absolute atomic E-state index is 0.104. The van der Waals surface area contributed by atoms with Gasteiger partial charge in [-0.2, -0.15) is 5.10 Å². The Bertz CT molecular complexity index is 449. The first-order valence-electron chi connectivity index (χ1n) is 4.12. The highest BCUT2D eigenvalue weighted by Gasteiger charge is 2.06. The van der Waals surface area contributed by atoms with E-state index in [9.17, 15) is 4.79 Å². The maximum absolute atomic E-state index is 11.0. The van der Waals surface area contributed by atoms with E-state index in [0.29, 0.717) is 11.5 Å². The van der Waals surface area contributed by atoms with Gasteiger partial charge in [-0.15, -0.1) is 9.90 Å². The van der Waals surface area contributed by atoms with Crippen molar-refractivity contribution in [1.82, 2.24) is 20.0 Å². The third-order valence-corrected chi connectivity index (χ3v) is 1.71. The van der Waals surface area contributed by atoms with E-state index in [1.807, 2.05) is 6.07 Å². The molecule has 2 aromatic rings. The Kier molecular flexibility index (Phi) is 2.06. The number of rotatable bonds is 2. The molecule has 0 bridgehead atoms. The van der Waals surface area contributed by atoms with E-state index in [0.717, 1.165) is 0 Å². The normalized spacial score (nSPS) is 10.1. The summed E-state index contributed by atoms with van der Waals surface area (Å²) in [5.74, 6) is 0.493. The Labute approximate surface area is 80.4 Å². The summed E-state index contributed by atoms with van der Waals surface area (Å²) in [7, 11) is 0. The van der Waals surface area contributed by atoms with Gasteiger partial charge in [0, 0.05) is 13.1 Å². The zero-order valence-electron chi connectivity index (χ0n) is 7.58. The summed E-state index contributed by atoms with van der Waals surface area (Å²) in [6.07, 6.45) is 3.07. The van der Waals surface area contributed by atoms with Crippen molar-refractivity contribution in [1.29, 1.82) is 0 Å². The lowest BCUT2D eigenvalue weighted by Crippen LogP contribution is -2.02. The number of carbonyl (C=O) groups is 1. The van der Waals surface area contributed by atoms with Gasteiger partial charge >= 0.3 is 0 Å². The van der Waals surface area contributed by atoms with Crippen LogP contribution in [0.25, 0.3) is 5.82 Å². The fraction of sp³-hybridized carbons (Fsp3) is 0.111. The molecule has 14 heavy (non-hydrogen) atoms. The molecule has 0 fully saturated rings. The van der Waals surface area contributed by atoms with Crippen molar-refractivity contribution in [3.63, 3.8) is 0 Å². The van der Waals surface area contributed by atoms with Crippen molar-refractivity contribution in [2.45, 2.75) is 6.92 Å². The van der Waals surface area contributed by atoms with Crippen molar-refractivity contribution in [3.05, 3.63) is 36.3 Å². The molecule has 0 unspecified atom stereocenters. The maximum Gasteiger partial charge on any atom is 0.181 e. The predicted molar refractivity (Wildman–Crippen MR) is 49.2 cm³/mol. The first-order valence-corrected chi connectivity index (χ1v) is 4.12. The van der Waals surface area contributed by atoms with Gasteiger partial charge in [0.15, 0.2) is 11.6 Å². The number of ketones is 1. The Morgan fingerprint density at radius 1 is 1.43 bits per heavy atom. The molecule has 70 valence electrons. The Morgan fingerprint density at radius 2 is 2.29 bits per heavy atom. The van der Waals surface area contributed by atoms with E-state index < -0.39 is 0 Å². The van der Waals surface area contributed by atoms with Crippen LogP contribution in [0.3, 0.4) is 0 Å². The molecule has 2 rings (SSSR count). The maximum atomic E-state index is 11.0. The SMILES string of the molecule is CC(=O)c1cnn(-c2ccccn2)n1. The summed E-state index contributed by atoms with van der Waals surface area (Å²) in [5, 5.41) is 7.90. The van der Waals surface area contributed by atoms with Crippen LogP contribution in [0, 0.1) is 0 Å². The zero-order chi connectivity index (χ0) is 9.97. The lowest BCUT2D eigenvalue weighted by atomic mass is 10.3. The van der Waals surface area contributed by atoms with Gasteiger partial charge in [-0.3, -0.25) is 4.79 Å². The average Bonchev–Trinajstić information content (AvgIpc) is 2.68. The molecule has 0 atom stereocenters. The largest absolute Gasteiger partial charge is 0.293 e. The van der Waals surface area contributed by atoms with Gasteiger partial charge in [-0.1, -0.05) is 6.07 Å². The van der Waals surface area contributed by atoms with Gasteiger partial charge in [0.2, 0.25) is 0 Å². The molecule has 2 aromatic heterocycles.